The first-order valence-corrected chi connectivity index (χ1v) is 6.64. The minimum atomic E-state index is -3.28. The number of nitrogens with one attached hydrogen (secondary N) is 2. The van der Waals surface area contributed by atoms with Gasteiger partial charge in [0.25, 0.3) is 5.91 Å². The minimum absolute atomic E-state index is 0.0734. The fraction of sp³-hybridized carbons (Fsp3) is 0.556. The average molecular weight is 260 g/mol. The van der Waals surface area contributed by atoms with Gasteiger partial charge in [-0.2, -0.15) is 5.10 Å². The summed E-state index contributed by atoms with van der Waals surface area (Å²) in [6.07, 6.45) is 1.41. The van der Waals surface area contributed by atoms with Crippen LogP contribution in [0.3, 0.4) is 0 Å². The van der Waals surface area contributed by atoms with E-state index in [1.54, 1.807) is 6.92 Å². The summed E-state index contributed by atoms with van der Waals surface area (Å²) < 4.78 is 24.0. The van der Waals surface area contributed by atoms with Crippen LogP contribution in [0.25, 0.3) is 0 Å². The molecular weight excluding hydrogens is 244 g/mol. The lowest BCUT2D eigenvalue weighted by Crippen LogP contribution is -2.34. The first-order chi connectivity index (χ1) is 7.84. The SMILES string of the molecule is Cc1[nH]ncc1C(=O)NCCS(=O)(=O)N(C)C. The number of hydrogen-bond acceptors (Lipinski definition) is 4. The highest BCUT2D eigenvalue weighted by atomic mass is 32.2. The zero-order valence-corrected chi connectivity index (χ0v) is 10.8. The molecule has 0 saturated heterocycles. The first kappa shape index (κ1) is 13.7. The van der Waals surface area contributed by atoms with Gasteiger partial charge in [0.05, 0.1) is 17.5 Å². The van der Waals surface area contributed by atoms with Crippen LogP contribution in [0.4, 0.5) is 0 Å². The molecule has 0 saturated carbocycles. The van der Waals surface area contributed by atoms with E-state index in [0.29, 0.717) is 11.3 Å². The summed E-state index contributed by atoms with van der Waals surface area (Å²) >= 11 is 0. The Kier molecular flexibility index (Phi) is 4.24. The molecular formula is C9H16N4O3S. The van der Waals surface area contributed by atoms with Crippen LogP contribution < -0.4 is 5.32 Å². The van der Waals surface area contributed by atoms with Crippen LogP contribution in [0, 0.1) is 6.92 Å². The molecule has 8 heteroatoms. The monoisotopic (exact) mass is 260 g/mol. The highest BCUT2D eigenvalue weighted by Gasteiger charge is 2.15. The molecule has 1 rings (SSSR count). The van der Waals surface area contributed by atoms with E-state index in [4.69, 9.17) is 0 Å². The van der Waals surface area contributed by atoms with Crippen LogP contribution in [-0.2, 0) is 10.0 Å². The molecule has 0 radical (unpaired) electrons. The van der Waals surface area contributed by atoms with Crippen molar-refractivity contribution in [3.8, 4) is 0 Å². The molecule has 1 heterocycles. The predicted molar refractivity (Wildman–Crippen MR) is 63.1 cm³/mol. The number of rotatable bonds is 5. The Morgan fingerprint density at radius 1 is 1.53 bits per heavy atom. The Morgan fingerprint density at radius 3 is 2.65 bits per heavy atom. The largest absolute Gasteiger partial charge is 0.351 e. The summed E-state index contributed by atoms with van der Waals surface area (Å²) in [5, 5.41) is 8.88. The second-order valence-electron chi connectivity index (χ2n) is 3.76. The molecule has 0 aliphatic rings. The minimum Gasteiger partial charge on any atom is -0.351 e. The Morgan fingerprint density at radius 2 is 2.18 bits per heavy atom. The Hall–Kier alpha value is -1.41. The van der Waals surface area contributed by atoms with Crippen molar-refractivity contribution >= 4 is 15.9 Å². The normalized spacial score (nSPS) is 11.8. The number of hydrogen-bond donors (Lipinski definition) is 2. The fourth-order valence-corrected chi connectivity index (χ4v) is 1.88. The molecule has 7 nitrogen and oxygen atoms in total. The molecule has 17 heavy (non-hydrogen) atoms. The van der Waals surface area contributed by atoms with E-state index in [1.807, 2.05) is 0 Å². The molecule has 0 spiro atoms. The molecule has 0 aliphatic carbocycles. The topological polar surface area (TPSA) is 95.2 Å². The smallest absolute Gasteiger partial charge is 0.254 e. The van der Waals surface area contributed by atoms with Gasteiger partial charge in [0, 0.05) is 26.3 Å². The summed E-state index contributed by atoms with van der Waals surface area (Å²) in [6, 6.07) is 0. The number of carbonyl (C=O) groups is 1. The molecule has 0 aliphatic heterocycles. The Bertz CT molecular complexity index is 492. The number of H-pyrrole nitrogens is 1. The van der Waals surface area contributed by atoms with Crippen molar-refractivity contribution < 1.29 is 13.2 Å². The number of aromatic nitrogens is 2. The van der Waals surface area contributed by atoms with Crippen molar-refractivity contribution in [3.05, 3.63) is 17.5 Å². The molecule has 1 amide bonds. The first-order valence-electron chi connectivity index (χ1n) is 5.03. The zero-order chi connectivity index (χ0) is 13.1. The van der Waals surface area contributed by atoms with E-state index in [1.165, 1.54) is 20.3 Å². The quantitative estimate of drug-likeness (QED) is 0.734. The maximum atomic E-state index is 11.6. The van der Waals surface area contributed by atoms with Gasteiger partial charge in [0.15, 0.2) is 0 Å². The van der Waals surface area contributed by atoms with Gasteiger partial charge in [-0.25, -0.2) is 12.7 Å². The zero-order valence-electron chi connectivity index (χ0n) is 10.0. The van der Waals surface area contributed by atoms with Crippen molar-refractivity contribution in [1.29, 1.82) is 0 Å². The van der Waals surface area contributed by atoms with Gasteiger partial charge >= 0.3 is 0 Å². The van der Waals surface area contributed by atoms with Crippen LogP contribution in [0.1, 0.15) is 16.1 Å². The molecule has 1 aromatic rings. The van der Waals surface area contributed by atoms with E-state index in [0.717, 1.165) is 4.31 Å². The van der Waals surface area contributed by atoms with Gasteiger partial charge < -0.3 is 5.32 Å². The number of amides is 1. The maximum absolute atomic E-state index is 11.6. The lowest BCUT2D eigenvalue weighted by Gasteiger charge is -2.11. The van der Waals surface area contributed by atoms with Gasteiger partial charge in [-0.15, -0.1) is 0 Å². The van der Waals surface area contributed by atoms with Crippen molar-refractivity contribution in [2.45, 2.75) is 6.92 Å². The van der Waals surface area contributed by atoms with Crippen LogP contribution >= 0.6 is 0 Å². The summed E-state index contributed by atoms with van der Waals surface area (Å²) in [4.78, 5) is 11.6. The van der Waals surface area contributed by atoms with Gasteiger partial charge in [-0.05, 0) is 6.92 Å². The molecule has 0 aromatic carbocycles. The molecule has 96 valence electrons. The van der Waals surface area contributed by atoms with Crippen LogP contribution in [-0.4, -0.2) is 55.2 Å². The standard InChI is InChI=1S/C9H16N4O3S/c1-7-8(6-11-12-7)9(14)10-4-5-17(15,16)13(2)3/h6H,4-5H2,1-3H3,(H,10,14)(H,11,12). The highest BCUT2D eigenvalue weighted by molar-refractivity contribution is 7.89. The highest BCUT2D eigenvalue weighted by Crippen LogP contribution is 2.01. The van der Waals surface area contributed by atoms with E-state index >= 15 is 0 Å². The summed E-state index contributed by atoms with van der Waals surface area (Å²) in [5.74, 6) is -0.451. The third-order valence-electron chi connectivity index (χ3n) is 2.28. The van der Waals surface area contributed by atoms with E-state index < -0.39 is 10.0 Å². The van der Waals surface area contributed by atoms with Crippen molar-refractivity contribution in [3.63, 3.8) is 0 Å². The Balaban J connectivity index is 2.49. The average Bonchev–Trinajstić information content (AvgIpc) is 2.63. The van der Waals surface area contributed by atoms with Crippen LogP contribution in [0.5, 0.6) is 0 Å². The molecule has 0 fully saturated rings. The molecule has 0 bridgehead atoms. The third kappa shape index (κ3) is 3.53. The fourth-order valence-electron chi connectivity index (χ4n) is 1.15. The number of sulfonamides is 1. The number of aromatic amines is 1. The Labute approximate surface area is 100 Å². The van der Waals surface area contributed by atoms with Gasteiger partial charge in [-0.1, -0.05) is 0 Å². The molecule has 1 aromatic heterocycles. The second-order valence-corrected chi connectivity index (χ2v) is 6.07. The molecule has 0 unspecified atom stereocenters. The lowest BCUT2D eigenvalue weighted by molar-refractivity contribution is 0.0955. The van der Waals surface area contributed by atoms with E-state index in [9.17, 15) is 13.2 Å². The van der Waals surface area contributed by atoms with Crippen molar-refractivity contribution in [1.82, 2.24) is 19.8 Å². The summed E-state index contributed by atoms with van der Waals surface area (Å²) in [6.45, 7) is 1.79. The molecule has 0 atom stereocenters. The maximum Gasteiger partial charge on any atom is 0.254 e. The number of aryl methyl sites for hydroxylation is 1. The lowest BCUT2D eigenvalue weighted by atomic mass is 10.2. The predicted octanol–water partition coefficient (Wildman–Crippen LogP) is -0.661. The van der Waals surface area contributed by atoms with Gasteiger partial charge in [-0.3, -0.25) is 9.89 Å². The van der Waals surface area contributed by atoms with Crippen molar-refractivity contribution in [2.24, 2.45) is 0 Å². The second kappa shape index (κ2) is 5.28. The van der Waals surface area contributed by atoms with Gasteiger partial charge in [0.2, 0.25) is 10.0 Å². The summed E-state index contributed by atoms with van der Waals surface area (Å²) in [7, 11) is -0.366. The third-order valence-corrected chi connectivity index (χ3v) is 4.11. The van der Waals surface area contributed by atoms with Crippen LogP contribution in [0.2, 0.25) is 0 Å². The number of nitrogens with zero attached hydrogens (tertiary/aromatic N) is 2. The number of carbonyl (C=O) groups excluding carboxylic acids is 1. The van der Waals surface area contributed by atoms with Crippen molar-refractivity contribution in [2.75, 3.05) is 26.4 Å². The molecule has 2 N–H and O–H groups in total. The van der Waals surface area contributed by atoms with Gasteiger partial charge in [0.1, 0.15) is 0 Å². The summed E-state index contributed by atoms with van der Waals surface area (Å²) in [5.41, 5.74) is 1.07. The van der Waals surface area contributed by atoms with Crippen LogP contribution in [0.15, 0.2) is 6.20 Å². The van der Waals surface area contributed by atoms with E-state index in [-0.39, 0.29) is 18.2 Å². The van der Waals surface area contributed by atoms with E-state index in [2.05, 4.69) is 15.5 Å².